The number of unbranched alkanes of at least 4 members (excludes halogenated alkanes) is 2. The molecule has 8 N–H and O–H groups in total. The molecular formula is C43H64N6O9. The van der Waals surface area contributed by atoms with Crippen molar-refractivity contribution in [3.63, 3.8) is 0 Å². The van der Waals surface area contributed by atoms with E-state index >= 15 is 0 Å². The van der Waals surface area contributed by atoms with E-state index in [0.717, 1.165) is 12.0 Å². The summed E-state index contributed by atoms with van der Waals surface area (Å²) < 4.78 is 0. The molecule has 0 aliphatic heterocycles. The topological polar surface area (TPSA) is 232 Å². The number of amides is 6. The van der Waals surface area contributed by atoms with Gasteiger partial charge in [-0.05, 0) is 60.8 Å². The molecule has 0 aliphatic carbocycles. The number of phenols is 1. The second-order valence-corrected chi connectivity index (χ2v) is 15.6. The van der Waals surface area contributed by atoms with Crippen molar-refractivity contribution in [1.82, 2.24) is 31.9 Å². The lowest BCUT2D eigenvalue weighted by Crippen LogP contribution is -2.60. The van der Waals surface area contributed by atoms with Crippen molar-refractivity contribution in [3.8, 4) is 5.75 Å². The maximum atomic E-state index is 14.2. The lowest BCUT2D eigenvalue weighted by Gasteiger charge is -2.28. The molecule has 0 aliphatic rings. The zero-order chi connectivity index (χ0) is 43.2. The van der Waals surface area contributed by atoms with Gasteiger partial charge in [0.2, 0.25) is 35.9 Å². The summed E-state index contributed by atoms with van der Waals surface area (Å²) in [5.41, 5.74) is 1.30. The summed E-state index contributed by atoms with van der Waals surface area (Å²) in [6.45, 7) is 11.3. The summed E-state index contributed by atoms with van der Waals surface area (Å²) in [7, 11) is 0. The molecule has 2 aromatic rings. The van der Waals surface area contributed by atoms with Crippen LogP contribution in [0, 0.1) is 11.8 Å². The Bertz CT molecular complexity index is 1620. The number of rotatable bonds is 27. The third-order valence-corrected chi connectivity index (χ3v) is 9.50. The molecular weight excluding hydrogens is 745 g/mol. The minimum atomic E-state index is -1.25. The quantitative estimate of drug-likeness (QED) is 0.0619. The first-order chi connectivity index (χ1) is 27.6. The van der Waals surface area contributed by atoms with E-state index < -0.39 is 71.8 Å². The van der Waals surface area contributed by atoms with Gasteiger partial charge >= 0.3 is 5.97 Å². The number of aromatic hydroxyl groups is 1. The first-order valence-corrected chi connectivity index (χ1v) is 20.3. The van der Waals surface area contributed by atoms with Crippen LogP contribution >= 0.6 is 0 Å². The molecule has 2 aromatic carbocycles. The summed E-state index contributed by atoms with van der Waals surface area (Å²) in [4.78, 5) is 92.4. The van der Waals surface area contributed by atoms with Gasteiger partial charge in [0.05, 0.1) is 0 Å². The molecule has 6 atom stereocenters. The van der Waals surface area contributed by atoms with E-state index in [2.05, 4.69) is 31.9 Å². The highest BCUT2D eigenvalue weighted by Gasteiger charge is 2.33. The number of phenolic OH excluding ortho intramolecular Hbond substituents is 1. The maximum absolute atomic E-state index is 14.2. The number of hydrogen-bond donors (Lipinski definition) is 8. The third-order valence-electron chi connectivity index (χ3n) is 9.50. The van der Waals surface area contributed by atoms with Crippen LogP contribution in [0.4, 0.5) is 0 Å². The van der Waals surface area contributed by atoms with E-state index in [1.165, 1.54) is 12.1 Å². The number of nitrogens with one attached hydrogen (secondary N) is 6. The fourth-order valence-electron chi connectivity index (χ4n) is 6.35. The minimum Gasteiger partial charge on any atom is -0.508 e. The number of hydrogen-bond acceptors (Lipinski definition) is 8. The van der Waals surface area contributed by atoms with E-state index in [4.69, 9.17) is 0 Å². The SMILES string of the molecule is CCCC[C@H](NC=O)C(=O)N[C@@H](CC(C)C)C(=O)N[C@@H](Cc1ccccc1)C(=O)N[C@@H](CCCC)C(=O)N[C@@H](Cc1ccc(O)cc1)C(=O)N[C@@H](CC(C)C)C(=O)O. The highest BCUT2D eigenvalue weighted by atomic mass is 16.4. The van der Waals surface area contributed by atoms with E-state index in [9.17, 15) is 43.8 Å². The fraction of sp³-hybridized carbons (Fsp3) is 0.558. The molecule has 2 rings (SSSR count). The molecule has 0 saturated carbocycles. The van der Waals surface area contributed by atoms with E-state index in [1.54, 1.807) is 36.4 Å². The van der Waals surface area contributed by atoms with Gasteiger partial charge in [0.25, 0.3) is 0 Å². The van der Waals surface area contributed by atoms with Gasteiger partial charge < -0.3 is 42.1 Å². The molecule has 0 aromatic heterocycles. The molecule has 0 heterocycles. The highest BCUT2D eigenvalue weighted by molar-refractivity contribution is 5.96. The normalized spacial score (nSPS) is 14.2. The molecule has 0 fully saturated rings. The maximum Gasteiger partial charge on any atom is 0.326 e. The van der Waals surface area contributed by atoms with Crippen LogP contribution in [0.1, 0.15) is 104 Å². The van der Waals surface area contributed by atoms with Crippen LogP contribution < -0.4 is 31.9 Å². The van der Waals surface area contributed by atoms with Crippen LogP contribution in [-0.2, 0) is 46.4 Å². The Labute approximate surface area is 342 Å². The molecule has 0 unspecified atom stereocenters. The Morgan fingerprint density at radius 1 is 0.552 bits per heavy atom. The Balaban J connectivity index is 2.43. The number of carboxylic acid groups (broad SMARTS) is 1. The van der Waals surface area contributed by atoms with Gasteiger partial charge in [0, 0.05) is 12.8 Å². The van der Waals surface area contributed by atoms with E-state index in [-0.39, 0.29) is 49.7 Å². The van der Waals surface area contributed by atoms with Gasteiger partial charge in [-0.15, -0.1) is 0 Å². The van der Waals surface area contributed by atoms with Crippen LogP contribution in [0.15, 0.2) is 54.6 Å². The Morgan fingerprint density at radius 3 is 1.43 bits per heavy atom. The predicted molar refractivity (Wildman–Crippen MR) is 220 cm³/mol. The van der Waals surface area contributed by atoms with Crippen molar-refractivity contribution in [2.75, 3.05) is 0 Å². The standard InChI is InChI=1S/C43H64N6O9/c1-7-9-16-32(44-26-50)38(52)46-34(22-27(3)4)40(54)48-35(24-29-14-12-11-13-15-29)41(55)45-33(17-10-8-2)39(53)47-36(25-30-18-20-31(51)21-19-30)42(56)49-37(43(57)58)23-28(5)6/h11-15,18-21,26-28,32-37,51H,7-10,16-17,22-25H2,1-6H3,(H,44,50)(H,45,55)(H,46,52)(H,47,53)(H,48,54)(H,49,56)(H,57,58)/t32-,33-,34-,35-,36-,37-/m0/s1. The molecule has 0 radical (unpaired) electrons. The first-order valence-electron chi connectivity index (χ1n) is 20.3. The predicted octanol–water partition coefficient (Wildman–Crippen LogP) is 3.27. The van der Waals surface area contributed by atoms with Crippen LogP contribution in [0.2, 0.25) is 0 Å². The minimum absolute atomic E-state index is 0.000124. The number of carboxylic acids is 1. The van der Waals surface area contributed by atoms with Crippen LogP contribution in [-0.4, -0.2) is 88.4 Å². The smallest absolute Gasteiger partial charge is 0.326 e. The summed E-state index contributed by atoms with van der Waals surface area (Å²) in [6.07, 6.45) is 4.08. The van der Waals surface area contributed by atoms with Gasteiger partial charge in [0.1, 0.15) is 42.0 Å². The number of aliphatic carboxylic acids is 1. The monoisotopic (exact) mass is 808 g/mol. The van der Waals surface area contributed by atoms with Crippen LogP contribution in [0.25, 0.3) is 0 Å². The molecule has 6 amide bonds. The van der Waals surface area contributed by atoms with Crippen LogP contribution in [0.5, 0.6) is 5.75 Å². The lowest BCUT2D eigenvalue weighted by molar-refractivity contribution is -0.142. The van der Waals surface area contributed by atoms with Crippen molar-refractivity contribution >= 4 is 41.9 Å². The van der Waals surface area contributed by atoms with Gasteiger partial charge in [-0.25, -0.2) is 4.79 Å². The molecule has 15 nitrogen and oxygen atoms in total. The number of benzene rings is 2. The third kappa shape index (κ3) is 17.8. The average Bonchev–Trinajstić information content (AvgIpc) is 3.17. The zero-order valence-corrected chi connectivity index (χ0v) is 34.7. The lowest BCUT2D eigenvalue weighted by atomic mass is 9.99. The van der Waals surface area contributed by atoms with E-state index in [1.807, 2.05) is 47.6 Å². The van der Waals surface area contributed by atoms with Gasteiger partial charge in [-0.1, -0.05) is 110 Å². The number of carbonyl (C=O) groups excluding carboxylic acids is 6. The molecule has 0 saturated heterocycles. The fourth-order valence-corrected chi connectivity index (χ4v) is 6.35. The van der Waals surface area contributed by atoms with Crippen molar-refractivity contribution in [2.24, 2.45) is 11.8 Å². The number of carbonyl (C=O) groups is 7. The molecule has 0 bridgehead atoms. The van der Waals surface area contributed by atoms with Gasteiger partial charge in [0.15, 0.2) is 0 Å². The molecule has 15 heteroatoms. The Morgan fingerprint density at radius 2 is 0.948 bits per heavy atom. The summed E-state index contributed by atoms with van der Waals surface area (Å²) in [5, 5.41) is 35.8. The Hall–Kier alpha value is -5.47. The molecule has 0 spiro atoms. The Kier molecular flexibility index (Phi) is 21.6. The van der Waals surface area contributed by atoms with Crippen LogP contribution in [0.3, 0.4) is 0 Å². The van der Waals surface area contributed by atoms with Crippen molar-refractivity contribution in [2.45, 2.75) is 142 Å². The zero-order valence-electron chi connectivity index (χ0n) is 34.7. The van der Waals surface area contributed by atoms with Crippen molar-refractivity contribution in [1.29, 1.82) is 0 Å². The first kappa shape index (κ1) is 48.7. The largest absolute Gasteiger partial charge is 0.508 e. The molecule has 58 heavy (non-hydrogen) atoms. The second-order valence-electron chi connectivity index (χ2n) is 15.6. The molecule has 320 valence electrons. The highest BCUT2D eigenvalue weighted by Crippen LogP contribution is 2.14. The summed E-state index contributed by atoms with van der Waals surface area (Å²) >= 11 is 0. The second kappa shape index (κ2) is 25.7. The van der Waals surface area contributed by atoms with Crippen molar-refractivity contribution in [3.05, 3.63) is 65.7 Å². The van der Waals surface area contributed by atoms with Crippen molar-refractivity contribution < 1.29 is 43.8 Å². The summed E-state index contributed by atoms with van der Waals surface area (Å²) in [6, 6.07) is 8.32. The van der Waals surface area contributed by atoms with Gasteiger partial charge in [-0.3, -0.25) is 28.8 Å². The summed E-state index contributed by atoms with van der Waals surface area (Å²) in [5.74, 6) is -4.54. The average molecular weight is 809 g/mol. The van der Waals surface area contributed by atoms with E-state index in [0.29, 0.717) is 37.7 Å². The van der Waals surface area contributed by atoms with Gasteiger partial charge in [-0.2, -0.15) is 0 Å².